The van der Waals surface area contributed by atoms with Gasteiger partial charge in [-0.15, -0.1) is 10.2 Å². The molecule has 7 nitrogen and oxygen atoms in total. The van der Waals surface area contributed by atoms with Crippen LogP contribution in [0.3, 0.4) is 0 Å². The van der Waals surface area contributed by atoms with E-state index >= 15 is 0 Å². The van der Waals surface area contributed by atoms with Crippen LogP contribution in [0.5, 0.6) is 5.88 Å². The maximum Gasteiger partial charge on any atom is 0.422 e. The van der Waals surface area contributed by atoms with Crippen LogP contribution < -0.4 is 10.1 Å². The van der Waals surface area contributed by atoms with Gasteiger partial charge in [0.15, 0.2) is 12.4 Å². The molecule has 3 rings (SSSR count). The fourth-order valence-electron chi connectivity index (χ4n) is 2.11. The van der Waals surface area contributed by atoms with Gasteiger partial charge in [0.25, 0.3) is 0 Å². The minimum atomic E-state index is -4.42. The zero-order chi connectivity index (χ0) is 18.6. The van der Waals surface area contributed by atoms with Gasteiger partial charge in [0.1, 0.15) is 5.82 Å². The smallest absolute Gasteiger partial charge is 0.422 e. The van der Waals surface area contributed by atoms with E-state index in [9.17, 15) is 13.2 Å². The predicted octanol–water partition coefficient (Wildman–Crippen LogP) is 2.92. The molecule has 10 heteroatoms. The second-order valence-electron chi connectivity index (χ2n) is 5.40. The molecule has 0 spiro atoms. The molecule has 0 bridgehead atoms. The Morgan fingerprint density at radius 3 is 2.65 bits per heavy atom. The maximum atomic E-state index is 12.3. The summed E-state index contributed by atoms with van der Waals surface area (Å²) in [4.78, 5) is 3.84. The van der Waals surface area contributed by atoms with Gasteiger partial charge in [-0.05, 0) is 31.2 Å². The molecule has 0 amide bonds. The van der Waals surface area contributed by atoms with E-state index in [0.717, 1.165) is 5.69 Å². The number of ether oxygens (including phenoxy) is 1. The Hall–Kier alpha value is -3.17. The quantitative estimate of drug-likeness (QED) is 0.725. The monoisotopic (exact) mass is 364 g/mol. The number of alkyl halides is 3. The molecule has 3 aromatic rings. The van der Waals surface area contributed by atoms with E-state index in [-0.39, 0.29) is 12.4 Å². The summed E-state index contributed by atoms with van der Waals surface area (Å²) in [5, 5.41) is 15.3. The third-order valence-electron chi connectivity index (χ3n) is 3.29. The zero-order valence-electron chi connectivity index (χ0n) is 13.7. The molecular formula is C16H15F3N6O. The summed E-state index contributed by atoms with van der Waals surface area (Å²) in [7, 11) is 0. The molecule has 3 aromatic heterocycles. The number of nitrogens with one attached hydrogen (secondary N) is 1. The van der Waals surface area contributed by atoms with Gasteiger partial charge in [-0.3, -0.25) is 0 Å². The summed E-state index contributed by atoms with van der Waals surface area (Å²) in [5.74, 6) is 0.941. The molecule has 0 fully saturated rings. The van der Waals surface area contributed by atoms with Crippen molar-refractivity contribution in [2.24, 2.45) is 0 Å². The highest BCUT2D eigenvalue weighted by atomic mass is 19.4. The van der Waals surface area contributed by atoms with Crippen LogP contribution in [0.1, 0.15) is 11.3 Å². The highest BCUT2D eigenvalue weighted by Crippen LogP contribution is 2.20. The topological polar surface area (TPSA) is 77.8 Å². The Labute approximate surface area is 146 Å². The number of halogens is 3. The lowest BCUT2D eigenvalue weighted by atomic mass is 10.2. The second kappa shape index (κ2) is 7.38. The first-order chi connectivity index (χ1) is 12.4. The zero-order valence-corrected chi connectivity index (χ0v) is 13.7. The van der Waals surface area contributed by atoms with E-state index in [0.29, 0.717) is 17.2 Å². The molecule has 1 N–H and O–H groups in total. The van der Waals surface area contributed by atoms with Crippen molar-refractivity contribution in [2.45, 2.75) is 19.6 Å². The standard InChI is InChI=1S/C16H15F3N6O/c1-11-6-8-25(24-11)14-5-4-13(22-23-14)21-9-12-3-2-7-20-15(12)26-10-16(17,18)19/h2-8H,9-10H2,1H3,(H,21,22). The molecule has 0 unspecified atom stereocenters. The fourth-order valence-corrected chi connectivity index (χ4v) is 2.11. The average Bonchev–Trinajstić information content (AvgIpc) is 3.05. The van der Waals surface area contributed by atoms with Crippen molar-refractivity contribution in [3.8, 4) is 11.7 Å². The van der Waals surface area contributed by atoms with Crippen molar-refractivity contribution >= 4 is 5.82 Å². The number of pyridine rings is 1. The molecule has 0 radical (unpaired) electrons. The molecular weight excluding hydrogens is 349 g/mol. The Morgan fingerprint density at radius 2 is 2.00 bits per heavy atom. The molecule has 26 heavy (non-hydrogen) atoms. The first-order valence-corrected chi connectivity index (χ1v) is 7.64. The minimum Gasteiger partial charge on any atom is -0.468 e. The number of aromatic nitrogens is 5. The van der Waals surface area contributed by atoms with Gasteiger partial charge < -0.3 is 10.1 Å². The van der Waals surface area contributed by atoms with Gasteiger partial charge in [-0.1, -0.05) is 6.07 Å². The first-order valence-electron chi connectivity index (χ1n) is 7.64. The van der Waals surface area contributed by atoms with Gasteiger partial charge in [0, 0.05) is 24.5 Å². The summed E-state index contributed by atoms with van der Waals surface area (Å²) in [6.07, 6.45) is -1.28. The van der Waals surface area contributed by atoms with E-state index in [1.807, 2.05) is 13.0 Å². The third-order valence-corrected chi connectivity index (χ3v) is 3.29. The van der Waals surface area contributed by atoms with Crippen molar-refractivity contribution in [1.29, 1.82) is 0 Å². The van der Waals surface area contributed by atoms with Crippen LogP contribution in [0.15, 0.2) is 42.7 Å². The SMILES string of the molecule is Cc1ccn(-c2ccc(NCc3cccnc3OCC(F)(F)F)nn2)n1. The van der Waals surface area contributed by atoms with Crippen molar-refractivity contribution in [3.63, 3.8) is 0 Å². The van der Waals surface area contributed by atoms with E-state index in [1.165, 1.54) is 6.20 Å². The summed E-state index contributed by atoms with van der Waals surface area (Å²) >= 11 is 0. The molecule has 136 valence electrons. The second-order valence-corrected chi connectivity index (χ2v) is 5.40. The Balaban J connectivity index is 1.64. The van der Waals surface area contributed by atoms with E-state index < -0.39 is 12.8 Å². The number of nitrogens with zero attached hydrogens (tertiary/aromatic N) is 5. The van der Waals surface area contributed by atoms with Crippen LogP contribution in [-0.4, -0.2) is 37.7 Å². The van der Waals surface area contributed by atoms with Crippen molar-refractivity contribution in [1.82, 2.24) is 25.0 Å². The third kappa shape index (κ3) is 4.68. The Morgan fingerprint density at radius 1 is 1.15 bits per heavy atom. The summed E-state index contributed by atoms with van der Waals surface area (Å²) in [5.41, 5.74) is 1.34. The molecule has 0 saturated heterocycles. The summed E-state index contributed by atoms with van der Waals surface area (Å²) in [6.45, 7) is 0.664. The van der Waals surface area contributed by atoms with Crippen LogP contribution in [-0.2, 0) is 6.54 Å². The van der Waals surface area contributed by atoms with Crippen molar-refractivity contribution in [2.75, 3.05) is 11.9 Å². The Bertz CT molecular complexity index is 863. The lowest BCUT2D eigenvalue weighted by Gasteiger charge is -2.12. The Kier molecular flexibility index (Phi) is 5.01. The predicted molar refractivity (Wildman–Crippen MR) is 87.0 cm³/mol. The summed E-state index contributed by atoms with van der Waals surface area (Å²) < 4.78 is 43.3. The lowest BCUT2D eigenvalue weighted by molar-refractivity contribution is -0.154. The number of aryl methyl sites for hydroxylation is 1. The van der Waals surface area contributed by atoms with Crippen LogP contribution in [0.4, 0.5) is 19.0 Å². The van der Waals surface area contributed by atoms with Crippen molar-refractivity contribution < 1.29 is 17.9 Å². The van der Waals surface area contributed by atoms with Gasteiger partial charge in [0.05, 0.1) is 5.69 Å². The van der Waals surface area contributed by atoms with Crippen LogP contribution in [0, 0.1) is 6.92 Å². The number of rotatable bonds is 6. The highest BCUT2D eigenvalue weighted by molar-refractivity contribution is 5.38. The number of anilines is 1. The number of hydrogen-bond donors (Lipinski definition) is 1. The van der Waals surface area contributed by atoms with Gasteiger partial charge in [-0.25, -0.2) is 9.67 Å². The van der Waals surface area contributed by atoms with E-state index in [4.69, 9.17) is 4.74 Å². The highest BCUT2D eigenvalue weighted by Gasteiger charge is 2.29. The molecule has 3 heterocycles. The van der Waals surface area contributed by atoms with Crippen molar-refractivity contribution in [3.05, 3.63) is 54.0 Å². The number of hydrogen-bond acceptors (Lipinski definition) is 6. The van der Waals surface area contributed by atoms with E-state index in [1.54, 1.807) is 35.1 Å². The van der Waals surface area contributed by atoms with Crippen LogP contribution in [0.2, 0.25) is 0 Å². The minimum absolute atomic E-state index is 0.0751. The molecule has 0 aliphatic carbocycles. The molecule has 0 aromatic carbocycles. The van der Waals surface area contributed by atoms with Crippen LogP contribution in [0.25, 0.3) is 5.82 Å². The fraction of sp³-hybridized carbons (Fsp3) is 0.250. The first kappa shape index (κ1) is 17.6. The lowest BCUT2D eigenvalue weighted by Crippen LogP contribution is -2.20. The van der Waals surface area contributed by atoms with Gasteiger partial charge >= 0.3 is 6.18 Å². The largest absolute Gasteiger partial charge is 0.468 e. The molecule has 0 aliphatic rings. The van der Waals surface area contributed by atoms with Crippen LogP contribution >= 0.6 is 0 Å². The molecule has 0 atom stereocenters. The molecule has 0 aliphatic heterocycles. The summed E-state index contributed by atoms with van der Waals surface area (Å²) in [6, 6.07) is 8.52. The van der Waals surface area contributed by atoms with Gasteiger partial charge in [0.2, 0.25) is 5.88 Å². The van der Waals surface area contributed by atoms with E-state index in [2.05, 4.69) is 25.6 Å². The average molecular weight is 364 g/mol. The molecule has 0 saturated carbocycles. The maximum absolute atomic E-state index is 12.3. The van der Waals surface area contributed by atoms with Gasteiger partial charge in [-0.2, -0.15) is 18.3 Å². The normalized spacial score (nSPS) is 11.4.